The Morgan fingerprint density at radius 3 is 2.74 bits per heavy atom. The molecule has 0 amide bonds. The van der Waals surface area contributed by atoms with E-state index in [1.807, 2.05) is 0 Å². The molecular weight excluding hydrogens is 302 g/mol. The topological polar surface area (TPSA) is 25.2 Å². The van der Waals surface area contributed by atoms with Gasteiger partial charge in [0.25, 0.3) is 0 Å². The van der Waals surface area contributed by atoms with Crippen molar-refractivity contribution < 1.29 is 4.42 Å². The van der Waals surface area contributed by atoms with Crippen molar-refractivity contribution in [2.45, 2.75) is 52.1 Å². The monoisotopic (exact) mass is 321 g/mol. The maximum absolute atomic E-state index is 6.14. The smallest absolute Gasteiger partial charge is 0.138 e. The Morgan fingerprint density at radius 1 is 1.37 bits per heavy atom. The van der Waals surface area contributed by atoms with E-state index in [1.54, 1.807) is 0 Å². The third-order valence-corrected chi connectivity index (χ3v) is 4.34. The SMILES string of the molecule is Cc1c(CNC2CC2)oc2c(C(C)C)cc(Br)cc12. The number of rotatable bonds is 4. The van der Waals surface area contributed by atoms with E-state index in [-0.39, 0.29) is 0 Å². The van der Waals surface area contributed by atoms with Crippen LogP contribution < -0.4 is 5.32 Å². The third-order valence-electron chi connectivity index (χ3n) is 3.88. The van der Waals surface area contributed by atoms with Gasteiger partial charge in [0.1, 0.15) is 11.3 Å². The normalized spacial score (nSPS) is 15.6. The molecule has 1 aliphatic rings. The Morgan fingerprint density at radius 2 is 2.11 bits per heavy atom. The van der Waals surface area contributed by atoms with Gasteiger partial charge in [-0.3, -0.25) is 0 Å². The Bertz CT molecular complexity index is 611. The highest BCUT2D eigenvalue weighted by Crippen LogP contribution is 2.35. The maximum Gasteiger partial charge on any atom is 0.138 e. The minimum absolute atomic E-state index is 0.467. The van der Waals surface area contributed by atoms with Gasteiger partial charge in [0, 0.05) is 15.9 Å². The molecular formula is C16H20BrNO. The van der Waals surface area contributed by atoms with Crippen LogP contribution in [0.3, 0.4) is 0 Å². The maximum atomic E-state index is 6.14. The van der Waals surface area contributed by atoms with Gasteiger partial charge in [-0.2, -0.15) is 0 Å². The van der Waals surface area contributed by atoms with E-state index in [4.69, 9.17) is 4.42 Å². The fourth-order valence-corrected chi connectivity index (χ4v) is 2.95. The molecule has 3 rings (SSSR count). The molecule has 2 aromatic rings. The van der Waals surface area contributed by atoms with Crippen LogP contribution in [0, 0.1) is 6.92 Å². The molecule has 19 heavy (non-hydrogen) atoms. The van der Waals surface area contributed by atoms with E-state index >= 15 is 0 Å². The van der Waals surface area contributed by atoms with Crippen molar-refractivity contribution in [3.8, 4) is 0 Å². The minimum atomic E-state index is 0.467. The molecule has 1 aromatic heterocycles. The summed E-state index contributed by atoms with van der Waals surface area (Å²) < 4.78 is 7.27. The zero-order chi connectivity index (χ0) is 13.6. The lowest BCUT2D eigenvalue weighted by Crippen LogP contribution is -2.15. The van der Waals surface area contributed by atoms with Crippen molar-refractivity contribution in [2.24, 2.45) is 0 Å². The van der Waals surface area contributed by atoms with E-state index in [2.05, 4.69) is 54.2 Å². The van der Waals surface area contributed by atoms with Gasteiger partial charge in [0.05, 0.1) is 6.54 Å². The van der Waals surface area contributed by atoms with E-state index in [9.17, 15) is 0 Å². The Labute approximate surface area is 122 Å². The van der Waals surface area contributed by atoms with Crippen LogP contribution in [0.5, 0.6) is 0 Å². The molecule has 102 valence electrons. The lowest BCUT2D eigenvalue weighted by atomic mass is 10.00. The van der Waals surface area contributed by atoms with Gasteiger partial charge in [-0.1, -0.05) is 29.8 Å². The predicted octanol–water partition coefficient (Wildman–Crippen LogP) is 4.88. The average Bonchev–Trinajstić information content (AvgIpc) is 3.13. The first kappa shape index (κ1) is 13.2. The highest BCUT2D eigenvalue weighted by Gasteiger charge is 2.22. The van der Waals surface area contributed by atoms with Crippen molar-refractivity contribution in [2.75, 3.05) is 0 Å². The third kappa shape index (κ3) is 2.59. The van der Waals surface area contributed by atoms with Crippen molar-refractivity contribution in [1.82, 2.24) is 5.32 Å². The van der Waals surface area contributed by atoms with Crippen LogP contribution in [-0.2, 0) is 6.54 Å². The summed E-state index contributed by atoms with van der Waals surface area (Å²) in [6, 6.07) is 5.05. The minimum Gasteiger partial charge on any atom is -0.459 e. The van der Waals surface area contributed by atoms with Crippen molar-refractivity contribution >= 4 is 26.9 Å². The van der Waals surface area contributed by atoms with Crippen LogP contribution in [0.15, 0.2) is 21.0 Å². The first-order valence-electron chi connectivity index (χ1n) is 7.01. The number of fused-ring (bicyclic) bond motifs is 1. The first-order chi connectivity index (χ1) is 9.06. The molecule has 0 aliphatic heterocycles. The molecule has 2 nitrogen and oxygen atoms in total. The summed E-state index contributed by atoms with van der Waals surface area (Å²) in [4.78, 5) is 0. The Balaban J connectivity index is 2.04. The molecule has 0 unspecified atom stereocenters. The molecule has 0 saturated heterocycles. The molecule has 0 spiro atoms. The predicted molar refractivity (Wildman–Crippen MR) is 82.6 cm³/mol. The van der Waals surface area contributed by atoms with Gasteiger partial charge in [-0.15, -0.1) is 0 Å². The summed E-state index contributed by atoms with van der Waals surface area (Å²) in [5.41, 5.74) is 3.61. The number of nitrogens with one attached hydrogen (secondary N) is 1. The van der Waals surface area contributed by atoms with Gasteiger partial charge >= 0.3 is 0 Å². The summed E-state index contributed by atoms with van der Waals surface area (Å²) >= 11 is 3.61. The number of halogens is 1. The van der Waals surface area contributed by atoms with Crippen LogP contribution in [0.4, 0.5) is 0 Å². The molecule has 0 bridgehead atoms. The van der Waals surface area contributed by atoms with E-state index < -0.39 is 0 Å². The molecule has 1 aliphatic carbocycles. The second-order valence-electron chi connectivity index (χ2n) is 5.83. The second-order valence-corrected chi connectivity index (χ2v) is 6.75. The van der Waals surface area contributed by atoms with Crippen molar-refractivity contribution in [1.29, 1.82) is 0 Å². The molecule has 1 fully saturated rings. The number of hydrogen-bond donors (Lipinski definition) is 1. The highest BCUT2D eigenvalue weighted by molar-refractivity contribution is 9.10. The second kappa shape index (κ2) is 4.95. The summed E-state index contributed by atoms with van der Waals surface area (Å²) in [5.74, 6) is 1.55. The summed E-state index contributed by atoms with van der Waals surface area (Å²) in [6.07, 6.45) is 2.62. The highest BCUT2D eigenvalue weighted by atomic mass is 79.9. The largest absolute Gasteiger partial charge is 0.459 e. The summed E-state index contributed by atoms with van der Waals surface area (Å²) in [7, 11) is 0. The fraction of sp³-hybridized carbons (Fsp3) is 0.500. The number of aryl methyl sites for hydroxylation is 1. The summed E-state index contributed by atoms with van der Waals surface area (Å²) in [6.45, 7) is 7.43. The molecule has 1 aromatic carbocycles. The van der Waals surface area contributed by atoms with Crippen molar-refractivity contribution in [3.63, 3.8) is 0 Å². The first-order valence-corrected chi connectivity index (χ1v) is 7.80. The molecule has 0 radical (unpaired) electrons. The fourth-order valence-electron chi connectivity index (χ4n) is 2.48. The molecule has 1 saturated carbocycles. The Kier molecular flexibility index (Phi) is 3.44. The van der Waals surface area contributed by atoms with E-state index in [1.165, 1.54) is 29.4 Å². The van der Waals surface area contributed by atoms with Crippen LogP contribution in [-0.4, -0.2) is 6.04 Å². The lowest BCUT2D eigenvalue weighted by molar-refractivity contribution is 0.505. The van der Waals surface area contributed by atoms with Gasteiger partial charge < -0.3 is 9.73 Å². The van der Waals surface area contributed by atoms with Gasteiger partial charge in [-0.25, -0.2) is 0 Å². The van der Waals surface area contributed by atoms with Crippen LogP contribution in [0.25, 0.3) is 11.0 Å². The molecule has 3 heteroatoms. The number of furan rings is 1. The van der Waals surface area contributed by atoms with Crippen LogP contribution >= 0.6 is 15.9 Å². The van der Waals surface area contributed by atoms with Crippen molar-refractivity contribution in [3.05, 3.63) is 33.5 Å². The number of hydrogen-bond acceptors (Lipinski definition) is 2. The van der Waals surface area contributed by atoms with Gasteiger partial charge in [0.15, 0.2) is 0 Å². The molecule has 1 heterocycles. The zero-order valence-corrected chi connectivity index (χ0v) is 13.3. The van der Waals surface area contributed by atoms with E-state index in [0.717, 1.165) is 22.4 Å². The van der Waals surface area contributed by atoms with Crippen LogP contribution in [0.1, 0.15) is 49.5 Å². The van der Waals surface area contributed by atoms with Crippen LogP contribution in [0.2, 0.25) is 0 Å². The lowest BCUT2D eigenvalue weighted by Gasteiger charge is -2.06. The van der Waals surface area contributed by atoms with Gasteiger partial charge in [0.2, 0.25) is 0 Å². The molecule has 0 atom stereocenters. The quantitative estimate of drug-likeness (QED) is 0.868. The average molecular weight is 322 g/mol. The Hall–Kier alpha value is -0.800. The number of benzene rings is 1. The molecule has 1 N–H and O–H groups in total. The zero-order valence-electron chi connectivity index (χ0n) is 11.7. The van der Waals surface area contributed by atoms with Gasteiger partial charge in [-0.05, 0) is 48.9 Å². The van der Waals surface area contributed by atoms with E-state index in [0.29, 0.717) is 12.0 Å². The standard InChI is InChI=1S/C16H20BrNO/c1-9(2)13-6-11(17)7-14-10(3)15(19-16(13)14)8-18-12-4-5-12/h6-7,9,12,18H,4-5,8H2,1-3H3. The summed E-state index contributed by atoms with van der Waals surface area (Å²) in [5, 5.41) is 4.77.